The fourth-order valence-electron chi connectivity index (χ4n) is 2.98. The van der Waals surface area contributed by atoms with Gasteiger partial charge >= 0.3 is 5.97 Å². The quantitative estimate of drug-likeness (QED) is 0.874. The second-order valence-electron chi connectivity index (χ2n) is 6.03. The number of nitrogens with zero attached hydrogens (tertiary/aromatic N) is 2. The van der Waals surface area contributed by atoms with Gasteiger partial charge in [-0.3, -0.25) is 9.59 Å². The van der Waals surface area contributed by atoms with Crippen molar-refractivity contribution < 1.29 is 9.90 Å². The Morgan fingerprint density at radius 3 is 2.90 bits per heavy atom. The van der Waals surface area contributed by atoms with Gasteiger partial charge in [0.05, 0.1) is 5.41 Å². The highest BCUT2D eigenvalue weighted by Crippen LogP contribution is 2.39. The molecule has 0 saturated heterocycles. The van der Waals surface area contributed by atoms with Gasteiger partial charge in [0.2, 0.25) is 0 Å². The summed E-state index contributed by atoms with van der Waals surface area (Å²) in [5, 5.41) is 12.5. The lowest BCUT2D eigenvalue weighted by atomic mass is 9.85. The van der Waals surface area contributed by atoms with Gasteiger partial charge in [-0.15, -0.1) is 0 Å². The van der Waals surface area contributed by atoms with Gasteiger partial charge in [0.1, 0.15) is 0 Å². The van der Waals surface area contributed by atoms with Crippen LogP contribution in [-0.2, 0) is 4.79 Å². The predicted octanol–water partition coefficient (Wildman–Crippen LogP) is 1.63. The van der Waals surface area contributed by atoms with E-state index in [0.29, 0.717) is 12.5 Å². The summed E-state index contributed by atoms with van der Waals surface area (Å²) < 4.78 is 1.70. The second-order valence-corrected chi connectivity index (χ2v) is 6.03. The normalized spacial score (nSPS) is 29.4. The first-order chi connectivity index (χ1) is 9.52. The van der Waals surface area contributed by atoms with Gasteiger partial charge in [0, 0.05) is 24.5 Å². The number of nitrogens with one attached hydrogen (secondary N) is 1. The minimum atomic E-state index is -0.825. The fraction of sp³-hybridized carbons (Fsp3) is 0.643. The number of aliphatic carboxylic acids is 1. The molecule has 1 heterocycles. The average molecular weight is 277 g/mol. The predicted molar refractivity (Wildman–Crippen MR) is 73.8 cm³/mol. The van der Waals surface area contributed by atoms with Crippen LogP contribution in [0.15, 0.2) is 17.2 Å². The molecular formula is C14H19N3O3. The standard InChI is InChI=1S/C14H19N3O3/c1-14(13(19)20)6-2-3-10(14)16-11-12(18)17(8-7-15-11)9-4-5-9/h7-10H,2-6H2,1H3,(H,15,16)(H,19,20). The van der Waals surface area contributed by atoms with E-state index in [1.807, 2.05) is 0 Å². The Balaban J connectivity index is 1.86. The van der Waals surface area contributed by atoms with E-state index in [1.54, 1.807) is 23.9 Å². The van der Waals surface area contributed by atoms with Gasteiger partial charge in [-0.25, -0.2) is 4.98 Å². The molecule has 6 nitrogen and oxygen atoms in total. The third kappa shape index (κ3) is 2.09. The Labute approximate surface area is 116 Å². The van der Waals surface area contributed by atoms with E-state index in [9.17, 15) is 14.7 Å². The molecular weight excluding hydrogens is 258 g/mol. The van der Waals surface area contributed by atoms with Crippen molar-refractivity contribution >= 4 is 11.8 Å². The lowest BCUT2D eigenvalue weighted by Gasteiger charge is -2.27. The number of carbonyl (C=O) groups is 1. The third-order valence-electron chi connectivity index (χ3n) is 4.57. The zero-order valence-electron chi connectivity index (χ0n) is 11.5. The van der Waals surface area contributed by atoms with Crippen molar-refractivity contribution in [3.05, 3.63) is 22.7 Å². The Hall–Kier alpha value is -1.85. The second kappa shape index (κ2) is 4.61. The molecule has 1 aromatic rings. The van der Waals surface area contributed by atoms with Crippen LogP contribution in [0, 0.1) is 5.41 Å². The lowest BCUT2D eigenvalue weighted by molar-refractivity contribution is -0.147. The van der Waals surface area contributed by atoms with E-state index >= 15 is 0 Å². The molecule has 2 fully saturated rings. The molecule has 2 aliphatic carbocycles. The summed E-state index contributed by atoms with van der Waals surface area (Å²) in [6, 6.07) is 0.0516. The molecule has 3 rings (SSSR count). The van der Waals surface area contributed by atoms with Crippen molar-refractivity contribution in [1.29, 1.82) is 0 Å². The zero-order valence-corrected chi connectivity index (χ0v) is 11.5. The molecule has 0 amide bonds. The highest BCUT2D eigenvalue weighted by Gasteiger charge is 2.45. The minimum absolute atomic E-state index is 0.144. The van der Waals surface area contributed by atoms with Crippen LogP contribution in [0.25, 0.3) is 0 Å². The van der Waals surface area contributed by atoms with Crippen molar-refractivity contribution in [2.75, 3.05) is 5.32 Å². The van der Waals surface area contributed by atoms with E-state index in [2.05, 4.69) is 10.3 Å². The maximum atomic E-state index is 12.3. The summed E-state index contributed by atoms with van der Waals surface area (Å²) in [5.74, 6) is -0.537. The summed E-state index contributed by atoms with van der Waals surface area (Å²) in [4.78, 5) is 27.9. The van der Waals surface area contributed by atoms with E-state index in [0.717, 1.165) is 25.7 Å². The molecule has 0 spiro atoms. The molecule has 2 atom stereocenters. The van der Waals surface area contributed by atoms with Crippen LogP contribution in [0.2, 0.25) is 0 Å². The van der Waals surface area contributed by atoms with E-state index in [1.165, 1.54) is 0 Å². The van der Waals surface area contributed by atoms with Crippen molar-refractivity contribution in [2.45, 2.75) is 51.1 Å². The topological polar surface area (TPSA) is 84.2 Å². The highest BCUT2D eigenvalue weighted by atomic mass is 16.4. The van der Waals surface area contributed by atoms with Gasteiger partial charge < -0.3 is 15.0 Å². The number of hydrogen-bond acceptors (Lipinski definition) is 4. The Bertz CT molecular complexity index is 594. The molecule has 108 valence electrons. The molecule has 20 heavy (non-hydrogen) atoms. The summed E-state index contributed by atoms with van der Waals surface area (Å²) in [5.41, 5.74) is -0.969. The van der Waals surface area contributed by atoms with Crippen LogP contribution in [0.4, 0.5) is 5.82 Å². The fourth-order valence-corrected chi connectivity index (χ4v) is 2.98. The highest BCUT2D eigenvalue weighted by molar-refractivity contribution is 5.76. The average Bonchev–Trinajstić information content (AvgIpc) is 3.17. The van der Waals surface area contributed by atoms with Crippen molar-refractivity contribution in [1.82, 2.24) is 9.55 Å². The van der Waals surface area contributed by atoms with E-state index in [4.69, 9.17) is 0 Å². The number of carboxylic acids is 1. The van der Waals surface area contributed by atoms with Gasteiger partial charge in [-0.2, -0.15) is 0 Å². The summed E-state index contributed by atoms with van der Waals surface area (Å²) in [7, 11) is 0. The maximum Gasteiger partial charge on any atom is 0.311 e. The summed E-state index contributed by atoms with van der Waals surface area (Å²) in [6.07, 6.45) is 7.60. The van der Waals surface area contributed by atoms with Crippen molar-refractivity contribution in [3.63, 3.8) is 0 Å². The smallest absolute Gasteiger partial charge is 0.311 e. The Morgan fingerprint density at radius 2 is 2.25 bits per heavy atom. The van der Waals surface area contributed by atoms with Crippen LogP contribution in [-0.4, -0.2) is 26.7 Å². The zero-order chi connectivity index (χ0) is 14.3. The summed E-state index contributed by atoms with van der Waals surface area (Å²) >= 11 is 0. The number of aromatic nitrogens is 2. The summed E-state index contributed by atoms with van der Waals surface area (Å²) in [6.45, 7) is 1.74. The molecule has 0 aliphatic heterocycles. The van der Waals surface area contributed by atoms with Crippen LogP contribution in [0.5, 0.6) is 0 Å². The SMILES string of the molecule is CC1(C(=O)O)CCCC1Nc1nccn(C2CC2)c1=O. The molecule has 2 N–H and O–H groups in total. The molecule has 1 aromatic heterocycles. The minimum Gasteiger partial charge on any atom is -0.481 e. The first-order valence-electron chi connectivity index (χ1n) is 7.09. The van der Waals surface area contributed by atoms with Crippen LogP contribution >= 0.6 is 0 Å². The van der Waals surface area contributed by atoms with Crippen molar-refractivity contribution in [3.8, 4) is 0 Å². The molecule has 2 saturated carbocycles. The van der Waals surface area contributed by atoms with Crippen LogP contribution in [0.1, 0.15) is 45.1 Å². The van der Waals surface area contributed by atoms with Gasteiger partial charge in [0.15, 0.2) is 5.82 Å². The van der Waals surface area contributed by atoms with E-state index in [-0.39, 0.29) is 17.4 Å². The maximum absolute atomic E-state index is 12.3. The molecule has 0 radical (unpaired) electrons. The molecule has 6 heteroatoms. The van der Waals surface area contributed by atoms with Crippen LogP contribution < -0.4 is 10.9 Å². The van der Waals surface area contributed by atoms with Crippen molar-refractivity contribution in [2.24, 2.45) is 5.41 Å². The Kier molecular flexibility index (Phi) is 3.03. The monoisotopic (exact) mass is 277 g/mol. The first-order valence-corrected chi connectivity index (χ1v) is 7.09. The molecule has 2 aliphatic rings. The number of rotatable bonds is 4. The Morgan fingerprint density at radius 1 is 1.50 bits per heavy atom. The first kappa shape index (κ1) is 13.1. The third-order valence-corrected chi connectivity index (χ3v) is 4.57. The lowest BCUT2D eigenvalue weighted by Crippen LogP contribution is -2.42. The van der Waals surface area contributed by atoms with E-state index < -0.39 is 11.4 Å². The number of hydrogen-bond donors (Lipinski definition) is 2. The van der Waals surface area contributed by atoms with Crippen LogP contribution in [0.3, 0.4) is 0 Å². The largest absolute Gasteiger partial charge is 0.481 e. The van der Waals surface area contributed by atoms with Gasteiger partial charge in [-0.1, -0.05) is 6.42 Å². The number of anilines is 1. The molecule has 0 aromatic carbocycles. The molecule has 0 bridgehead atoms. The van der Waals surface area contributed by atoms with Gasteiger partial charge in [0.25, 0.3) is 5.56 Å². The number of carboxylic acid groups (broad SMARTS) is 1. The molecule has 2 unspecified atom stereocenters. The van der Waals surface area contributed by atoms with Gasteiger partial charge in [-0.05, 0) is 32.6 Å².